The molecule has 240 valence electrons. The number of nitrogens with zero attached hydrogens (tertiary/aromatic N) is 1. The molecule has 0 bridgehead atoms. The summed E-state index contributed by atoms with van der Waals surface area (Å²) in [5.41, 5.74) is 2.10. The lowest BCUT2D eigenvalue weighted by atomic mass is 9.73. The standard InChI is InChI=1S/C34H34ClN3O7S/c1-34(2)17-25-31(28(40)18-34)33(23-14-11-21(15-24(23)35)45-19-20-7-4-3-5-8-20)38(26-9-6-10-27(39)32(26)36-25)30(42)16-29(41)37-46(43,44)22-12-13-22/h3-11,14-15,22,33,36,39H,12-13,16-19H2,1-2H3,(H,37,41). The zero-order valence-electron chi connectivity index (χ0n) is 25.4. The summed E-state index contributed by atoms with van der Waals surface area (Å²) in [5.74, 6) is -1.70. The quantitative estimate of drug-likeness (QED) is 0.204. The Hall–Kier alpha value is -4.35. The zero-order valence-corrected chi connectivity index (χ0v) is 27.0. The second-order valence-electron chi connectivity index (χ2n) is 12.7. The van der Waals surface area contributed by atoms with Gasteiger partial charge in [0.25, 0.3) is 0 Å². The van der Waals surface area contributed by atoms with Crippen molar-refractivity contribution >= 4 is 50.6 Å². The Morgan fingerprint density at radius 3 is 2.50 bits per heavy atom. The average Bonchev–Trinajstić information content (AvgIpc) is 3.84. The third kappa shape index (κ3) is 6.47. The second-order valence-corrected chi connectivity index (χ2v) is 15.1. The van der Waals surface area contributed by atoms with Crippen LogP contribution in [0.25, 0.3) is 0 Å². The summed E-state index contributed by atoms with van der Waals surface area (Å²) in [4.78, 5) is 42.4. The molecule has 2 aliphatic carbocycles. The van der Waals surface area contributed by atoms with Crippen LogP contribution in [0, 0.1) is 5.41 Å². The molecule has 1 aliphatic heterocycles. The Labute approximate surface area is 272 Å². The number of benzene rings is 3. The molecule has 0 radical (unpaired) electrons. The number of nitrogens with one attached hydrogen (secondary N) is 2. The van der Waals surface area contributed by atoms with E-state index in [0.29, 0.717) is 42.9 Å². The Balaban J connectivity index is 1.44. The first kappa shape index (κ1) is 31.6. The first-order chi connectivity index (χ1) is 21.8. The highest BCUT2D eigenvalue weighted by Crippen LogP contribution is 2.51. The van der Waals surface area contributed by atoms with E-state index >= 15 is 0 Å². The minimum absolute atomic E-state index is 0.171. The molecule has 0 aromatic heterocycles. The van der Waals surface area contributed by atoms with E-state index in [9.17, 15) is 27.9 Å². The number of fused-ring (bicyclic) bond motifs is 1. The van der Waals surface area contributed by atoms with Crippen LogP contribution in [-0.2, 0) is 31.0 Å². The summed E-state index contributed by atoms with van der Waals surface area (Å²) in [6, 6.07) is 18.0. The van der Waals surface area contributed by atoms with Gasteiger partial charge in [-0.3, -0.25) is 24.0 Å². The lowest BCUT2D eigenvalue weighted by molar-refractivity contribution is -0.127. The highest BCUT2D eigenvalue weighted by Gasteiger charge is 2.45. The maximum absolute atomic E-state index is 14.2. The fourth-order valence-corrected chi connectivity index (χ4v) is 7.64. The van der Waals surface area contributed by atoms with Crippen molar-refractivity contribution in [3.63, 3.8) is 0 Å². The van der Waals surface area contributed by atoms with Crippen LogP contribution in [0.5, 0.6) is 11.5 Å². The van der Waals surface area contributed by atoms with Crippen molar-refractivity contribution in [1.82, 2.24) is 4.72 Å². The van der Waals surface area contributed by atoms with Crippen molar-refractivity contribution in [2.24, 2.45) is 5.41 Å². The number of amides is 2. The highest BCUT2D eigenvalue weighted by atomic mass is 35.5. The Bertz CT molecular complexity index is 1870. The number of phenolic OH excluding ortho intramolecular Hbond substituents is 1. The van der Waals surface area contributed by atoms with Crippen LogP contribution in [-0.4, -0.2) is 36.4 Å². The Morgan fingerprint density at radius 2 is 1.80 bits per heavy atom. The van der Waals surface area contributed by atoms with E-state index in [1.807, 2.05) is 48.9 Å². The number of allylic oxidation sites excluding steroid dienone is 1. The SMILES string of the molecule is CC1(C)CC(=O)C2=C(C1)Nc1c(O)cccc1N(C(=O)CC(=O)NS(=O)(=O)C1CC1)C2c1ccc(OCc2ccccc2)cc1Cl. The molecule has 1 fully saturated rings. The molecule has 3 N–H and O–H groups in total. The van der Waals surface area contributed by atoms with Crippen molar-refractivity contribution in [2.75, 3.05) is 10.2 Å². The van der Waals surface area contributed by atoms with E-state index in [2.05, 4.69) is 5.32 Å². The van der Waals surface area contributed by atoms with Gasteiger partial charge in [-0.05, 0) is 60.1 Å². The molecule has 3 aromatic carbocycles. The van der Waals surface area contributed by atoms with Gasteiger partial charge in [-0.2, -0.15) is 0 Å². The fourth-order valence-electron chi connectivity index (χ4n) is 6.05. The summed E-state index contributed by atoms with van der Waals surface area (Å²) in [5, 5.41) is 13.8. The van der Waals surface area contributed by atoms with E-state index in [0.717, 1.165) is 5.56 Å². The van der Waals surface area contributed by atoms with E-state index in [-0.39, 0.29) is 39.9 Å². The number of ketones is 1. The highest BCUT2D eigenvalue weighted by molar-refractivity contribution is 7.90. The van der Waals surface area contributed by atoms with Gasteiger partial charge >= 0.3 is 0 Å². The molecule has 46 heavy (non-hydrogen) atoms. The van der Waals surface area contributed by atoms with Crippen molar-refractivity contribution in [3.05, 3.63) is 94.1 Å². The molecule has 12 heteroatoms. The second kappa shape index (κ2) is 12.1. The number of rotatable bonds is 8. The summed E-state index contributed by atoms with van der Waals surface area (Å²) >= 11 is 6.92. The number of anilines is 2. The third-order valence-electron chi connectivity index (χ3n) is 8.32. The van der Waals surface area contributed by atoms with Gasteiger partial charge in [-0.25, -0.2) is 8.42 Å². The summed E-state index contributed by atoms with van der Waals surface area (Å²) in [6.45, 7) is 4.21. The van der Waals surface area contributed by atoms with Gasteiger partial charge in [0, 0.05) is 22.7 Å². The van der Waals surface area contributed by atoms with Crippen LogP contribution in [0.1, 0.15) is 63.1 Å². The first-order valence-corrected chi connectivity index (χ1v) is 16.9. The number of carbonyl (C=O) groups excluding carboxylic acids is 3. The van der Waals surface area contributed by atoms with Gasteiger partial charge in [-0.1, -0.05) is 67.9 Å². The van der Waals surface area contributed by atoms with Crippen LogP contribution in [0.2, 0.25) is 5.02 Å². The van der Waals surface area contributed by atoms with Gasteiger partial charge in [0.2, 0.25) is 21.8 Å². The zero-order chi connectivity index (χ0) is 32.8. The van der Waals surface area contributed by atoms with Crippen LogP contribution >= 0.6 is 11.6 Å². The van der Waals surface area contributed by atoms with Crippen LogP contribution in [0.4, 0.5) is 11.4 Å². The van der Waals surface area contributed by atoms with Gasteiger partial charge in [0.15, 0.2) is 5.78 Å². The van der Waals surface area contributed by atoms with E-state index in [1.165, 1.54) is 11.0 Å². The van der Waals surface area contributed by atoms with Crippen molar-refractivity contribution in [3.8, 4) is 11.5 Å². The molecule has 3 aromatic rings. The Kier molecular flexibility index (Phi) is 8.32. The molecule has 1 atom stereocenters. The number of hydrogen-bond donors (Lipinski definition) is 3. The lowest BCUT2D eigenvalue weighted by Gasteiger charge is -2.37. The van der Waals surface area contributed by atoms with Gasteiger partial charge in [0.05, 0.1) is 17.0 Å². The molecular formula is C34H34ClN3O7S. The van der Waals surface area contributed by atoms with Gasteiger partial charge in [0.1, 0.15) is 30.2 Å². The number of halogens is 1. The number of carbonyl (C=O) groups is 3. The maximum Gasteiger partial charge on any atom is 0.242 e. The predicted octanol–water partition coefficient (Wildman–Crippen LogP) is 5.77. The average molecular weight is 664 g/mol. The van der Waals surface area contributed by atoms with Crippen molar-refractivity contribution < 1.29 is 32.6 Å². The molecule has 1 unspecified atom stereocenters. The van der Waals surface area contributed by atoms with Crippen LogP contribution < -0.4 is 19.7 Å². The van der Waals surface area contributed by atoms with Crippen molar-refractivity contribution in [1.29, 1.82) is 0 Å². The molecule has 1 saturated carbocycles. The normalized spacial score (nSPS) is 19.0. The number of ether oxygens (including phenoxy) is 1. The third-order valence-corrected chi connectivity index (χ3v) is 10.5. The molecule has 3 aliphatic rings. The topological polar surface area (TPSA) is 142 Å². The molecule has 10 nitrogen and oxygen atoms in total. The molecule has 1 heterocycles. The lowest BCUT2D eigenvalue weighted by Crippen LogP contribution is -2.42. The van der Waals surface area contributed by atoms with E-state index < -0.39 is 45.0 Å². The number of para-hydroxylation sites is 1. The molecule has 2 amide bonds. The van der Waals surface area contributed by atoms with E-state index in [4.69, 9.17) is 16.3 Å². The van der Waals surface area contributed by atoms with Crippen molar-refractivity contribution in [2.45, 2.75) is 63.9 Å². The fraction of sp³-hybridized carbons (Fsp3) is 0.324. The minimum atomic E-state index is -3.90. The monoisotopic (exact) mass is 663 g/mol. The van der Waals surface area contributed by atoms with E-state index in [1.54, 1.807) is 30.3 Å². The van der Waals surface area contributed by atoms with Crippen LogP contribution in [0.15, 0.2) is 78.0 Å². The van der Waals surface area contributed by atoms with Crippen LogP contribution in [0.3, 0.4) is 0 Å². The summed E-state index contributed by atoms with van der Waals surface area (Å²) < 4.78 is 32.9. The number of sulfonamides is 1. The summed E-state index contributed by atoms with van der Waals surface area (Å²) in [7, 11) is -3.90. The van der Waals surface area contributed by atoms with Gasteiger partial charge in [-0.15, -0.1) is 0 Å². The Morgan fingerprint density at radius 1 is 1.07 bits per heavy atom. The number of Topliss-reactive ketones (excluding diaryl/α,β-unsaturated/α-hetero) is 1. The number of hydrogen-bond acceptors (Lipinski definition) is 8. The smallest absolute Gasteiger partial charge is 0.242 e. The molecule has 0 saturated heterocycles. The number of phenols is 1. The molecule has 6 rings (SSSR count). The summed E-state index contributed by atoms with van der Waals surface area (Å²) in [6.07, 6.45) is 0.681. The van der Waals surface area contributed by atoms with Gasteiger partial charge < -0.3 is 15.2 Å². The molecule has 0 spiro atoms. The number of aromatic hydroxyl groups is 1. The molecular weight excluding hydrogens is 630 g/mol. The first-order valence-electron chi connectivity index (χ1n) is 15.0. The maximum atomic E-state index is 14.2. The largest absolute Gasteiger partial charge is 0.506 e. The minimum Gasteiger partial charge on any atom is -0.506 e. The predicted molar refractivity (Wildman–Crippen MR) is 174 cm³/mol.